The van der Waals surface area contributed by atoms with Crippen molar-refractivity contribution in [2.24, 2.45) is 0 Å². The smallest absolute Gasteiger partial charge is 0.387 e. The summed E-state index contributed by atoms with van der Waals surface area (Å²) in [7, 11) is 0. The Morgan fingerprint density at radius 1 is 1.11 bits per heavy atom. The van der Waals surface area contributed by atoms with E-state index in [1.807, 2.05) is 0 Å². The van der Waals surface area contributed by atoms with E-state index in [9.17, 15) is 23.1 Å². The van der Waals surface area contributed by atoms with Gasteiger partial charge in [-0.1, -0.05) is 47.6 Å². The standard InChI is InChI=1S/C18H14F3N3O3/c19-18(20,21)13-8-6-12(7-9-13)15-23-17(27-24-15)16(26)22-10-14(25)11-4-2-1-3-5-11/h1-9,14,25H,10H2,(H,22,26)/t14-/m1/s1. The van der Waals surface area contributed by atoms with Crippen LogP contribution in [-0.4, -0.2) is 27.7 Å². The average molecular weight is 377 g/mol. The third kappa shape index (κ3) is 4.50. The molecule has 0 saturated carbocycles. The zero-order valence-corrected chi connectivity index (χ0v) is 13.8. The van der Waals surface area contributed by atoms with Crippen molar-refractivity contribution < 1.29 is 27.6 Å². The van der Waals surface area contributed by atoms with Crippen LogP contribution in [0.1, 0.15) is 27.9 Å². The van der Waals surface area contributed by atoms with Crippen molar-refractivity contribution in [3.05, 3.63) is 71.6 Å². The zero-order valence-electron chi connectivity index (χ0n) is 13.8. The third-order valence-corrected chi connectivity index (χ3v) is 3.73. The van der Waals surface area contributed by atoms with Gasteiger partial charge in [-0.05, 0) is 17.7 Å². The summed E-state index contributed by atoms with van der Waals surface area (Å²) in [6, 6.07) is 12.9. The predicted octanol–water partition coefficient (Wildman–Crippen LogP) is 3.22. The Balaban J connectivity index is 1.64. The van der Waals surface area contributed by atoms with Crippen molar-refractivity contribution in [1.82, 2.24) is 15.5 Å². The molecule has 3 aromatic rings. The Bertz CT molecular complexity index is 909. The monoisotopic (exact) mass is 377 g/mol. The molecule has 0 aliphatic heterocycles. The van der Waals surface area contributed by atoms with Crippen molar-refractivity contribution >= 4 is 5.91 Å². The van der Waals surface area contributed by atoms with Crippen molar-refractivity contribution in [3.63, 3.8) is 0 Å². The van der Waals surface area contributed by atoms with Gasteiger partial charge in [0.2, 0.25) is 5.82 Å². The van der Waals surface area contributed by atoms with E-state index in [2.05, 4.69) is 15.5 Å². The fourth-order valence-electron chi connectivity index (χ4n) is 2.30. The van der Waals surface area contributed by atoms with Crippen LogP contribution in [0.4, 0.5) is 13.2 Å². The molecule has 1 atom stereocenters. The van der Waals surface area contributed by atoms with E-state index in [1.165, 1.54) is 12.1 Å². The molecule has 0 unspecified atom stereocenters. The molecular formula is C18H14F3N3O3. The molecule has 9 heteroatoms. The minimum absolute atomic E-state index is 0.0162. The lowest BCUT2D eigenvalue weighted by Crippen LogP contribution is -2.28. The topological polar surface area (TPSA) is 88.2 Å². The molecule has 6 nitrogen and oxygen atoms in total. The van der Waals surface area contributed by atoms with Crippen LogP contribution < -0.4 is 5.32 Å². The first-order valence-corrected chi connectivity index (χ1v) is 7.87. The van der Waals surface area contributed by atoms with Crippen molar-refractivity contribution in [2.45, 2.75) is 12.3 Å². The van der Waals surface area contributed by atoms with Crippen LogP contribution in [0.5, 0.6) is 0 Å². The molecule has 0 fully saturated rings. The Morgan fingerprint density at radius 3 is 2.41 bits per heavy atom. The van der Waals surface area contributed by atoms with Gasteiger partial charge in [0.15, 0.2) is 0 Å². The van der Waals surface area contributed by atoms with Crippen LogP contribution in [0.25, 0.3) is 11.4 Å². The number of halogens is 3. The van der Waals surface area contributed by atoms with Crippen LogP contribution in [0, 0.1) is 0 Å². The SMILES string of the molecule is O=C(NC[C@@H](O)c1ccccc1)c1nc(-c2ccc(C(F)(F)F)cc2)no1. The number of alkyl halides is 3. The summed E-state index contributed by atoms with van der Waals surface area (Å²) in [5.41, 5.74) is 0.103. The summed E-state index contributed by atoms with van der Waals surface area (Å²) < 4.78 is 42.6. The Hall–Kier alpha value is -3.20. The zero-order chi connectivity index (χ0) is 19.4. The maximum atomic E-state index is 12.6. The summed E-state index contributed by atoms with van der Waals surface area (Å²) in [6.45, 7) is -0.0686. The van der Waals surface area contributed by atoms with Gasteiger partial charge in [-0.2, -0.15) is 18.2 Å². The first kappa shape index (κ1) is 18.6. The molecule has 0 aliphatic carbocycles. The number of nitrogens with one attached hydrogen (secondary N) is 1. The van der Waals surface area contributed by atoms with E-state index in [0.29, 0.717) is 5.56 Å². The molecule has 0 radical (unpaired) electrons. The van der Waals surface area contributed by atoms with Crippen LogP contribution in [-0.2, 0) is 6.18 Å². The fourth-order valence-corrected chi connectivity index (χ4v) is 2.30. The van der Waals surface area contributed by atoms with E-state index >= 15 is 0 Å². The highest BCUT2D eigenvalue weighted by Crippen LogP contribution is 2.30. The highest BCUT2D eigenvalue weighted by Gasteiger charge is 2.30. The van der Waals surface area contributed by atoms with E-state index < -0.39 is 23.8 Å². The minimum atomic E-state index is -4.44. The van der Waals surface area contributed by atoms with E-state index in [-0.39, 0.29) is 23.8 Å². The van der Waals surface area contributed by atoms with Gasteiger partial charge in [0.25, 0.3) is 0 Å². The molecule has 0 aliphatic rings. The molecule has 0 bridgehead atoms. The number of aromatic nitrogens is 2. The number of hydrogen-bond acceptors (Lipinski definition) is 5. The molecule has 2 N–H and O–H groups in total. The molecule has 3 rings (SSSR count). The van der Waals surface area contributed by atoms with Crippen LogP contribution >= 0.6 is 0 Å². The first-order chi connectivity index (χ1) is 12.8. The van der Waals surface area contributed by atoms with Gasteiger partial charge in [-0.15, -0.1) is 0 Å². The summed E-state index contributed by atoms with van der Waals surface area (Å²) in [4.78, 5) is 15.9. The lowest BCUT2D eigenvalue weighted by molar-refractivity contribution is -0.137. The molecule has 0 saturated heterocycles. The molecular weight excluding hydrogens is 363 g/mol. The van der Waals surface area contributed by atoms with Gasteiger partial charge >= 0.3 is 18.0 Å². The van der Waals surface area contributed by atoms with Crippen molar-refractivity contribution in [1.29, 1.82) is 0 Å². The molecule has 2 aromatic carbocycles. The number of rotatable bonds is 5. The highest BCUT2D eigenvalue weighted by molar-refractivity contribution is 5.89. The number of carbonyl (C=O) groups excluding carboxylic acids is 1. The molecule has 1 aromatic heterocycles. The molecule has 140 valence electrons. The summed E-state index contributed by atoms with van der Waals surface area (Å²) in [6.07, 6.45) is -5.35. The average Bonchev–Trinajstić information content (AvgIpc) is 3.16. The van der Waals surface area contributed by atoms with Gasteiger partial charge < -0.3 is 14.9 Å². The van der Waals surface area contributed by atoms with Gasteiger partial charge in [0, 0.05) is 12.1 Å². The largest absolute Gasteiger partial charge is 0.416 e. The summed E-state index contributed by atoms with van der Waals surface area (Å²) >= 11 is 0. The molecule has 1 amide bonds. The number of nitrogens with zero attached hydrogens (tertiary/aromatic N) is 2. The summed E-state index contributed by atoms with van der Waals surface area (Å²) in [5.74, 6) is -1.07. The van der Waals surface area contributed by atoms with Crippen LogP contribution in [0.2, 0.25) is 0 Å². The van der Waals surface area contributed by atoms with Gasteiger partial charge in [-0.3, -0.25) is 4.79 Å². The maximum absolute atomic E-state index is 12.6. The normalized spacial score (nSPS) is 12.6. The van der Waals surface area contributed by atoms with Crippen molar-refractivity contribution in [2.75, 3.05) is 6.54 Å². The van der Waals surface area contributed by atoms with E-state index in [4.69, 9.17) is 4.52 Å². The number of aliphatic hydroxyl groups is 1. The maximum Gasteiger partial charge on any atom is 0.416 e. The molecule has 0 spiro atoms. The van der Waals surface area contributed by atoms with Gasteiger partial charge in [0.1, 0.15) is 0 Å². The Kier molecular flexibility index (Phi) is 5.22. The van der Waals surface area contributed by atoms with E-state index in [1.54, 1.807) is 30.3 Å². The summed E-state index contributed by atoms with van der Waals surface area (Å²) in [5, 5.41) is 16.1. The number of hydrogen-bond donors (Lipinski definition) is 2. The Morgan fingerprint density at radius 2 is 1.78 bits per heavy atom. The van der Waals surface area contributed by atoms with E-state index in [0.717, 1.165) is 12.1 Å². The highest BCUT2D eigenvalue weighted by atomic mass is 19.4. The van der Waals surface area contributed by atoms with Crippen molar-refractivity contribution in [3.8, 4) is 11.4 Å². The first-order valence-electron chi connectivity index (χ1n) is 7.87. The third-order valence-electron chi connectivity index (χ3n) is 3.73. The minimum Gasteiger partial charge on any atom is -0.387 e. The second kappa shape index (κ2) is 7.58. The van der Waals surface area contributed by atoms with Crippen LogP contribution in [0.3, 0.4) is 0 Å². The lowest BCUT2D eigenvalue weighted by Gasteiger charge is -2.10. The van der Waals surface area contributed by atoms with Gasteiger partial charge in [-0.25, -0.2) is 0 Å². The number of amides is 1. The number of benzene rings is 2. The number of aliphatic hydroxyl groups excluding tert-OH is 1. The van der Waals surface area contributed by atoms with Gasteiger partial charge in [0.05, 0.1) is 11.7 Å². The predicted molar refractivity (Wildman–Crippen MR) is 88.5 cm³/mol. The second-order valence-corrected chi connectivity index (χ2v) is 5.63. The Labute approximate surface area is 151 Å². The molecule has 1 heterocycles. The lowest BCUT2D eigenvalue weighted by atomic mass is 10.1. The van der Waals surface area contributed by atoms with Crippen LogP contribution in [0.15, 0.2) is 59.1 Å². The molecule has 27 heavy (non-hydrogen) atoms. The fraction of sp³-hybridized carbons (Fsp3) is 0.167. The second-order valence-electron chi connectivity index (χ2n) is 5.63. The number of carbonyl (C=O) groups is 1. The quantitative estimate of drug-likeness (QED) is 0.713.